The molecule has 4 rings (SSSR count). The number of nitrogens with one attached hydrogen (secondary N) is 1. The van der Waals surface area contributed by atoms with Gasteiger partial charge in [-0.15, -0.1) is 0 Å². The quantitative estimate of drug-likeness (QED) is 0.264. The van der Waals surface area contributed by atoms with E-state index in [9.17, 15) is 4.79 Å². The van der Waals surface area contributed by atoms with Crippen LogP contribution in [-0.4, -0.2) is 22.3 Å². The van der Waals surface area contributed by atoms with E-state index in [1.165, 1.54) is 5.56 Å². The summed E-state index contributed by atoms with van der Waals surface area (Å²) in [6, 6.07) is 13.8. The number of anilines is 1. The number of hydrogen-bond acceptors (Lipinski definition) is 5. The van der Waals surface area contributed by atoms with Gasteiger partial charge < -0.3 is 20.4 Å². The zero-order valence-corrected chi connectivity index (χ0v) is 18.5. The van der Waals surface area contributed by atoms with Crippen molar-refractivity contribution in [3.8, 4) is 11.1 Å². The SMILES string of the molecule is Nc1cc(Cl)nc2c1ccn2CCCCOC(=O)NCc1cccc(-c2ccsc2)c1. The fourth-order valence-electron chi connectivity index (χ4n) is 3.40. The number of alkyl carbamates (subject to hydrolysis) is 1. The predicted octanol–water partition coefficient (Wildman–Crippen LogP) is 5.71. The van der Waals surface area contributed by atoms with Crippen LogP contribution in [0.1, 0.15) is 18.4 Å². The summed E-state index contributed by atoms with van der Waals surface area (Å²) in [4.78, 5) is 16.3. The molecule has 0 aliphatic rings. The van der Waals surface area contributed by atoms with Crippen LogP contribution in [0.2, 0.25) is 5.15 Å². The number of pyridine rings is 1. The van der Waals surface area contributed by atoms with Crippen molar-refractivity contribution in [2.24, 2.45) is 0 Å². The van der Waals surface area contributed by atoms with Gasteiger partial charge in [0, 0.05) is 30.4 Å². The summed E-state index contributed by atoms with van der Waals surface area (Å²) in [5.41, 5.74) is 10.7. The number of amides is 1. The molecule has 1 aromatic carbocycles. The Hall–Kier alpha value is -3.03. The minimum atomic E-state index is -0.409. The lowest BCUT2D eigenvalue weighted by Crippen LogP contribution is -2.24. The van der Waals surface area contributed by atoms with Gasteiger partial charge in [-0.25, -0.2) is 9.78 Å². The summed E-state index contributed by atoms with van der Waals surface area (Å²) in [5.74, 6) is 0. The number of nitrogens with zero attached hydrogens (tertiary/aromatic N) is 2. The molecule has 6 nitrogen and oxygen atoms in total. The first-order chi connectivity index (χ1) is 15.1. The number of nitrogens with two attached hydrogens (primary N) is 1. The van der Waals surface area contributed by atoms with E-state index in [4.69, 9.17) is 22.1 Å². The van der Waals surface area contributed by atoms with E-state index in [2.05, 4.69) is 39.3 Å². The number of thiophene rings is 1. The second-order valence-corrected chi connectivity index (χ2v) is 8.36. The maximum Gasteiger partial charge on any atom is 0.407 e. The number of halogens is 1. The first kappa shape index (κ1) is 21.2. The van der Waals surface area contributed by atoms with Gasteiger partial charge in [-0.3, -0.25) is 0 Å². The van der Waals surface area contributed by atoms with Crippen LogP contribution in [0.4, 0.5) is 10.5 Å². The van der Waals surface area contributed by atoms with Crippen molar-refractivity contribution >= 4 is 45.8 Å². The average molecular weight is 455 g/mol. The molecule has 31 heavy (non-hydrogen) atoms. The zero-order chi connectivity index (χ0) is 21.6. The Kier molecular flexibility index (Phi) is 6.74. The summed E-state index contributed by atoms with van der Waals surface area (Å²) >= 11 is 7.68. The van der Waals surface area contributed by atoms with Crippen molar-refractivity contribution in [2.45, 2.75) is 25.9 Å². The third kappa shape index (κ3) is 5.37. The molecule has 0 aliphatic heterocycles. The molecule has 0 fully saturated rings. The molecule has 0 atom stereocenters. The number of aryl methyl sites for hydroxylation is 1. The smallest absolute Gasteiger partial charge is 0.407 e. The highest BCUT2D eigenvalue weighted by Crippen LogP contribution is 2.24. The summed E-state index contributed by atoms with van der Waals surface area (Å²) in [7, 11) is 0. The van der Waals surface area contributed by atoms with Gasteiger partial charge in [0.2, 0.25) is 0 Å². The molecule has 0 saturated heterocycles. The molecule has 0 saturated carbocycles. The Bertz CT molecular complexity index is 1170. The van der Waals surface area contributed by atoms with E-state index in [0.717, 1.165) is 41.5 Å². The van der Waals surface area contributed by atoms with Crippen molar-refractivity contribution in [2.75, 3.05) is 12.3 Å². The van der Waals surface area contributed by atoms with Crippen LogP contribution in [0.5, 0.6) is 0 Å². The highest BCUT2D eigenvalue weighted by atomic mass is 35.5. The van der Waals surface area contributed by atoms with Crippen molar-refractivity contribution in [3.63, 3.8) is 0 Å². The Balaban J connectivity index is 1.19. The summed E-state index contributed by atoms with van der Waals surface area (Å²) in [5, 5.41) is 8.24. The van der Waals surface area contributed by atoms with Gasteiger partial charge in [0.15, 0.2) is 0 Å². The number of unbranched alkanes of at least 4 members (excludes halogenated alkanes) is 1. The van der Waals surface area contributed by atoms with Gasteiger partial charge in [0.05, 0.1) is 6.61 Å². The topological polar surface area (TPSA) is 82.2 Å². The Labute approximate surface area is 189 Å². The van der Waals surface area contributed by atoms with E-state index >= 15 is 0 Å². The predicted molar refractivity (Wildman–Crippen MR) is 126 cm³/mol. The number of benzene rings is 1. The van der Waals surface area contributed by atoms with Crippen molar-refractivity contribution in [1.29, 1.82) is 0 Å². The van der Waals surface area contributed by atoms with E-state index < -0.39 is 6.09 Å². The van der Waals surface area contributed by atoms with Crippen molar-refractivity contribution in [1.82, 2.24) is 14.9 Å². The van der Waals surface area contributed by atoms with Crippen LogP contribution in [0, 0.1) is 0 Å². The fourth-order valence-corrected chi connectivity index (χ4v) is 4.26. The van der Waals surface area contributed by atoms with Crippen LogP contribution < -0.4 is 11.1 Å². The summed E-state index contributed by atoms with van der Waals surface area (Å²) in [6.07, 6.45) is 3.13. The molecule has 8 heteroatoms. The largest absolute Gasteiger partial charge is 0.450 e. The molecule has 160 valence electrons. The lowest BCUT2D eigenvalue weighted by molar-refractivity contribution is 0.143. The van der Waals surface area contributed by atoms with Crippen LogP contribution in [-0.2, 0) is 17.8 Å². The maximum absolute atomic E-state index is 12.0. The van der Waals surface area contributed by atoms with Gasteiger partial charge in [-0.1, -0.05) is 29.8 Å². The first-order valence-corrected chi connectivity index (χ1v) is 11.4. The van der Waals surface area contributed by atoms with E-state index in [1.807, 2.05) is 29.0 Å². The summed E-state index contributed by atoms with van der Waals surface area (Å²) < 4.78 is 7.31. The molecule has 0 radical (unpaired) electrons. The minimum Gasteiger partial charge on any atom is -0.450 e. The Morgan fingerprint density at radius 3 is 2.94 bits per heavy atom. The number of nitrogen functional groups attached to an aromatic ring is 1. The van der Waals surface area contributed by atoms with Gasteiger partial charge >= 0.3 is 6.09 Å². The maximum atomic E-state index is 12.0. The molecule has 3 aromatic heterocycles. The van der Waals surface area contributed by atoms with E-state index in [-0.39, 0.29) is 0 Å². The number of rotatable bonds is 8. The number of ether oxygens (including phenoxy) is 1. The lowest BCUT2D eigenvalue weighted by atomic mass is 10.1. The second-order valence-electron chi connectivity index (χ2n) is 7.19. The summed E-state index contributed by atoms with van der Waals surface area (Å²) in [6.45, 7) is 1.53. The fraction of sp³-hybridized carbons (Fsp3) is 0.217. The van der Waals surface area contributed by atoms with E-state index in [1.54, 1.807) is 17.4 Å². The normalized spacial score (nSPS) is 11.0. The zero-order valence-electron chi connectivity index (χ0n) is 16.9. The molecule has 1 amide bonds. The monoisotopic (exact) mass is 454 g/mol. The molecule has 4 aromatic rings. The van der Waals surface area contributed by atoms with Gasteiger partial charge in [0.25, 0.3) is 0 Å². The minimum absolute atomic E-state index is 0.357. The number of fused-ring (bicyclic) bond motifs is 1. The molecular weight excluding hydrogens is 432 g/mol. The lowest BCUT2D eigenvalue weighted by Gasteiger charge is -2.09. The van der Waals surface area contributed by atoms with Gasteiger partial charge in [0.1, 0.15) is 10.8 Å². The van der Waals surface area contributed by atoms with Gasteiger partial charge in [-0.05, 0) is 64.6 Å². The van der Waals surface area contributed by atoms with Crippen molar-refractivity contribution in [3.05, 3.63) is 70.1 Å². The highest BCUT2D eigenvalue weighted by molar-refractivity contribution is 7.08. The molecule has 0 spiro atoms. The molecule has 3 N–H and O–H groups in total. The van der Waals surface area contributed by atoms with Crippen molar-refractivity contribution < 1.29 is 9.53 Å². The highest BCUT2D eigenvalue weighted by Gasteiger charge is 2.08. The van der Waals surface area contributed by atoms with Crippen LogP contribution >= 0.6 is 22.9 Å². The Morgan fingerprint density at radius 2 is 2.10 bits per heavy atom. The third-order valence-corrected chi connectivity index (χ3v) is 5.85. The average Bonchev–Trinajstić information content (AvgIpc) is 3.43. The third-order valence-electron chi connectivity index (χ3n) is 4.98. The number of carbonyl (C=O) groups excluding carboxylic acids is 1. The molecule has 0 aliphatic carbocycles. The van der Waals surface area contributed by atoms with Gasteiger partial charge in [-0.2, -0.15) is 11.3 Å². The molecular formula is C23H23ClN4O2S. The van der Waals surface area contributed by atoms with Crippen LogP contribution in [0.15, 0.2) is 59.4 Å². The Morgan fingerprint density at radius 1 is 1.19 bits per heavy atom. The first-order valence-electron chi connectivity index (χ1n) is 10.0. The molecule has 3 heterocycles. The number of aromatic nitrogens is 2. The van der Waals surface area contributed by atoms with E-state index in [0.29, 0.717) is 24.0 Å². The van der Waals surface area contributed by atoms with Crippen LogP contribution in [0.25, 0.3) is 22.2 Å². The standard InChI is InChI=1S/C23H23ClN4O2S/c24-21-13-20(25)19-6-9-28(22(19)27-21)8-1-2-10-30-23(29)26-14-16-4-3-5-17(12-16)18-7-11-31-15-18/h3-7,9,11-13,15H,1-2,8,10,14H2,(H2,25,27)(H,26,29). The second kappa shape index (κ2) is 9.85. The number of hydrogen-bond donors (Lipinski definition) is 2. The number of carbonyl (C=O) groups is 1. The van der Waals surface area contributed by atoms with Crippen LogP contribution in [0.3, 0.4) is 0 Å². The molecule has 0 bridgehead atoms. The molecule has 0 unspecified atom stereocenters.